The second kappa shape index (κ2) is 7.49. The Hall–Kier alpha value is -0.830. The topological polar surface area (TPSA) is 15.3 Å². The normalized spacial score (nSPS) is 10.8. The number of nitrogens with zero attached hydrogens (tertiary/aromatic N) is 1. The van der Waals surface area contributed by atoms with Gasteiger partial charge >= 0.3 is 0 Å². The van der Waals surface area contributed by atoms with Crippen molar-refractivity contribution in [2.24, 2.45) is 0 Å². The van der Waals surface area contributed by atoms with Crippen LogP contribution in [-0.2, 0) is 6.54 Å². The molecule has 1 rings (SSSR count). The highest BCUT2D eigenvalue weighted by Crippen LogP contribution is 2.11. The van der Waals surface area contributed by atoms with Gasteiger partial charge < -0.3 is 5.32 Å². The summed E-state index contributed by atoms with van der Waals surface area (Å²) in [6.07, 6.45) is 0. The summed E-state index contributed by atoms with van der Waals surface area (Å²) < 4.78 is 0. The summed E-state index contributed by atoms with van der Waals surface area (Å²) in [5.41, 5.74) is 2.48. The first-order valence-corrected chi connectivity index (χ1v) is 6.30. The number of halogens is 1. The van der Waals surface area contributed by atoms with Crippen LogP contribution in [-0.4, -0.2) is 31.6 Å². The number of hydrogen-bond acceptors (Lipinski definition) is 2. The quantitative estimate of drug-likeness (QED) is 0.751. The average molecular weight is 253 g/mol. The van der Waals surface area contributed by atoms with E-state index in [1.165, 1.54) is 11.1 Å². The predicted molar refractivity (Wildman–Crippen MR) is 75.5 cm³/mol. The molecule has 0 aliphatic rings. The standard InChI is InChI=1S/C14H21ClN2/c1-4-16-9-12(2)10-17(3)11-13-5-7-14(15)8-6-13/h5-8,16H,2,4,9-11H2,1,3H3. The van der Waals surface area contributed by atoms with E-state index in [0.717, 1.165) is 31.2 Å². The van der Waals surface area contributed by atoms with Crippen LogP contribution in [0.5, 0.6) is 0 Å². The molecule has 94 valence electrons. The SMILES string of the molecule is C=C(CNCC)CN(C)Cc1ccc(Cl)cc1. The molecule has 0 unspecified atom stereocenters. The van der Waals surface area contributed by atoms with Crippen LogP contribution in [0.1, 0.15) is 12.5 Å². The summed E-state index contributed by atoms with van der Waals surface area (Å²) in [5.74, 6) is 0. The van der Waals surface area contributed by atoms with Gasteiger partial charge in [0.15, 0.2) is 0 Å². The van der Waals surface area contributed by atoms with Crippen LogP contribution >= 0.6 is 11.6 Å². The fourth-order valence-corrected chi connectivity index (χ4v) is 1.82. The molecule has 1 N–H and O–H groups in total. The van der Waals surface area contributed by atoms with Crippen LogP contribution < -0.4 is 5.32 Å². The molecule has 0 aliphatic heterocycles. The number of nitrogens with one attached hydrogen (secondary N) is 1. The third kappa shape index (κ3) is 5.87. The van der Waals surface area contributed by atoms with E-state index in [1.807, 2.05) is 12.1 Å². The minimum absolute atomic E-state index is 0.785. The van der Waals surface area contributed by atoms with Crippen molar-refractivity contribution in [2.45, 2.75) is 13.5 Å². The van der Waals surface area contributed by atoms with Gasteiger partial charge in [0, 0.05) is 24.7 Å². The third-order valence-electron chi connectivity index (χ3n) is 2.48. The number of benzene rings is 1. The van der Waals surface area contributed by atoms with Crippen LogP contribution in [0.4, 0.5) is 0 Å². The van der Waals surface area contributed by atoms with E-state index < -0.39 is 0 Å². The first-order valence-electron chi connectivity index (χ1n) is 5.92. The predicted octanol–water partition coefficient (Wildman–Crippen LogP) is 2.94. The molecule has 1 aromatic carbocycles. The van der Waals surface area contributed by atoms with E-state index in [1.54, 1.807) is 0 Å². The van der Waals surface area contributed by atoms with Gasteiger partial charge in [0.05, 0.1) is 0 Å². The van der Waals surface area contributed by atoms with E-state index in [-0.39, 0.29) is 0 Å². The van der Waals surface area contributed by atoms with Crippen molar-refractivity contribution in [2.75, 3.05) is 26.7 Å². The minimum Gasteiger partial charge on any atom is -0.313 e. The van der Waals surface area contributed by atoms with Gasteiger partial charge in [-0.2, -0.15) is 0 Å². The average Bonchev–Trinajstić information content (AvgIpc) is 2.29. The summed E-state index contributed by atoms with van der Waals surface area (Å²) in [7, 11) is 2.10. The van der Waals surface area contributed by atoms with E-state index >= 15 is 0 Å². The Balaban J connectivity index is 2.36. The van der Waals surface area contributed by atoms with Gasteiger partial charge in [-0.25, -0.2) is 0 Å². The van der Waals surface area contributed by atoms with Gasteiger partial charge in [-0.3, -0.25) is 4.90 Å². The van der Waals surface area contributed by atoms with Crippen molar-refractivity contribution in [3.05, 3.63) is 47.0 Å². The van der Waals surface area contributed by atoms with E-state index in [4.69, 9.17) is 11.6 Å². The smallest absolute Gasteiger partial charge is 0.0406 e. The number of likely N-dealkylation sites (N-methyl/N-ethyl adjacent to an activating group) is 2. The molecular weight excluding hydrogens is 232 g/mol. The minimum atomic E-state index is 0.785. The Morgan fingerprint density at radius 2 is 2.00 bits per heavy atom. The molecule has 0 spiro atoms. The van der Waals surface area contributed by atoms with Crippen LogP contribution in [0.25, 0.3) is 0 Å². The Kier molecular flexibility index (Phi) is 6.27. The lowest BCUT2D eigenvalue weighted by atomic mass is 10.2. The van der Waals surface area contributed by atoms with Gasteiger partial charge in [0.2, 0.25) is 0 Å². The largest absolute Gasteiger partial charge is 0.313 e. The molecule has 0 radical (unpaired) electrons. The van der Waals surface area contributed by atoms with Gasteiger partial charge in [0.25, 0.3) is 0 Å². The van der Waals surface area contributed by atoms with Crippen molar-refractivity contribution in [1.29, 1.82) is 0 Å². The van der Waals surface area contributed by atoms with Crippen molar-refractivity contribution in [3.8, 4) is 0 Å². The molecule has 0 heterocycles. The van der Waals surface area contributed by atoms with Crippen LogP contribution in [0.2, 0.25) is 5.02 Å². The molecule has 0 saturated carbocycles. The maximum absolute atomic E-state index is 5.85. The highest BCUT2D eigenvalue weighted by molar-refractivity contribution is 6.30. The second-order valence-corrected chi connectivity index (χ2v) is 4.77. The Morgan fingerprint density at radius 1 is 1.35 bits per heavy atom. The Labute approximate surface area is 109 Å². The highest BCUT2D eigenvalue weighted by Gasteiger charge is 2.02. The molecule has 3 heteroatoms. The molecule has 2 nitrogen and oxygen atoms in total. The van der Waals surface area contributed by atoms with Gasteiger partial charge in [-0.05, 0) is 36.9 Å². The lowest BCUT2D eigenvalue weighted by Gasteiger charge is -2.18. The molecule has 0 amide bonds. The fraction of sp³-hybridized carbons (Fsp3) is 0.429. The lowest BCUT2D eigenvalue weighted by molar-refractivity contribution is 0.352. The molecular formula is C14H21ClN2. The first-order chi connectivity index (χ1) is 8.11. The maximum atomic E-state index is 5.85. The maximum Gasteiger partial charge on any atom is 0.0406 e. The lowest BCUT2D eigenvalue weighted by Crippen LogP contribution is -2.25. The highest BCUT2D eigenvalue weighted by atomic mass is 35.5. The number of hydrogen-bond donors (Lipinski definition) is 1. The van der Waals surface area contributed by atoms with E-state index in [0.29, 0.717) is 0 Å². The van der Waals surface area contributed by atoms with Crippen LogP contribution in [0.3, 0.4) is 0 Å². The van der Waals surface area contributed by atoms with Gasteiger partial charge in [-0.15, -0.1) is 0 Å². The zero-order valence-corrected chi connectivity index (χ0v) is 11.4. The summed E-state index contributed by atoms with van der Waals surface area (Å²) in [5, 5.41) is 4.07. The molecule has 17 heavy (non-hydrogen) atoms. The first kappa shape index (κ1) is 14.2. The molecule has 0 fully saturated rings. The van der Waals surface area contributed by atoms with E-state index in [2.05, 4.69) is 42.9 Å². The molecule has 0 aromatic heterocycles. The van der Waals surface area contributed by atoms with Gasteiger partial charge in [-0.1, -0.05) is 37.2 Å². The molecule has 0 aliphatic carbocycles. The zero-order valence-electron chi connectivity index (χ0n) is 10.7. The summed E-state index contributed by atoms with van der Waals surface area (Å²) in [4.78, 5) is 2.25. The van der Waals surface area contributed by atoms with Crippen molar-refractivity contribution >= 4 is 11.6 Å². The molecule has 0 saturated heterocycles. The second-order valence-electron chi connectivity index (χ2n) is 4.33. The number of rotatable bonds is 7. The summed E-state index contributed by atoms with van der Waals surface area (Å²) in [6.45, 7) is 9.87. The summed E-state index contributed by atoms with van der Waals surface area (Å²) >= 11 is 5.85. The van der Waals surface area contributed by atoms with Crippen LogP contribution in [0, 0.1) is 0 Å². The molecule has 0 atom stereocenters. The monoisotopic (exact) mass is 252 g/mol. The van der Waals surface area contributed by atoms with E-state index in [9.17, 15) is 0 Å². The van der Waals surface area contributed by atoms with Crippen molar-refractivity contribution in [1.82, 2.24) is 10.2 Å². The molecule has 1 aromatic rings. The van der Waals surface area contributed by atoms with Gasteiger partial charge in [0.1, 0.15) is 0 Å². The third-order valence-corrected chi connectivity index (χ3v) is 2.74. The Morgan fingerprint density at radius 3 is 2.59 bits per heavy atom. The fourth-order valence-electron chi connectivity index (χ4n) is 1.70. The van der Waals surface area contributed by atoms with Crippen molar-refractivity contribution in [3.63, 3.8) is 0 Å². The zero-order chi connectivity index (χ0) is 12.7. The van der Waals surface area contributed by atoms with Crippen molar-refractivity contribution < 1.29 is 0 Å². The molecule has 0 bridgehead atoms. The Bertz CT molecular complexity index is 346. The van der Waals surface area contributed by atoms with Crippen LogP contribution in [0.15, 0.2) is 36.4 Å². The summed E-state index contributed by atoms with van der Waals surface area (Å²) in [6, 6.07) is 7.98.